The summed E-state index contributed by atoms with van der Waals surface area (Å²) in [7, 11) is 0. The molecule has 0 heterocycles. The van der Waals surface area contributed by atoms with E-state index >= 15 is 0 Å². The lowest BCUT2D eigenvalue weighted by Crippen LogP contribution is -2.12. The van der Waals surface area contributed by atoms with Gasteiger partial charge in [-0.25, -0.2) is 0 Å². The average molecular weight is 259 g/mol. The second kappa shape index (κ2) is 6.59. The minimum absolute atomic E-state index is 0.0497. The van der Waals surface area contributed by atoms with Crippen molar-refractivity contribution in [2.75, 3.05) is 5.75 Å². The number of nitrogens with two attached hydrogens (primary N) is 1. The van der Waals surface area contributed by atoms with Crippen LogP contribution in [0.2, 0.25) is 0 Å². The predicted molar refractivity (Wildman–Crippen MR) is 76.5 cm³/mol. The summed E-state index contributed by atoms with van der Waals surface area (Å²) in [5.74, 6) is 0.850. The van der Waals surface area contributed by atoms with Crippen molar-refractivity contribution in [3.63, 3.8) is 0 Å². The molecule has 0 radical (unpaired) electrons. The van der Waals surface area contributed by atoms with Crippen molar-refractivity contribution in [2.24, 2.45) is 5.73 Å². The third-order valence-electron chi connectivity index (χ3n) is 2.76. The molecule has 2 nitrogen and oxygen atoms in total. The van der Waals surface area contributed by atoms with Crippen molar-refractivity contribution in [2.45, 2.75) is 17.5 Å². The van der Waals surface area contributed by atoms with E-state index in [0.717, 1.165) is 16.9 Å². The van der Waals surface area contributed by atoms with Crippen LogP contribution >= 0.6 is 11.8 Å². The molecule has 3 heteroatoms. The summed E-state index contributed by atoms with van der Waals surface area (Å²) in [5, 5.41) is 8.97. The Labute approximate surface area is 112 Å². The Morgan fingerprint density at radius 3 is 2.28 bits per heavy atom. The van der Waals surface area contributed by atoms with E-state index in [1.165, 1.54) is 4.90 Å². The van der Waals surface area contributed by atoms with Crippen LogP contribution in [0.5, 0.6) is 0 Å². The Hall–Kier alpha value is -1.29. The fraction of sp³-hybridized carbons (Fsp3) is 0.200. The molecule has 0 amide bonds. The highest BCUT2D eigenvalue weighted by Gasteiger charge is 2.05. The van der Waals surface area contributed by atoms with Crippen molar-refractivity contribution in [1.82, 2.24) is 0 Å². The third-order valence-corrected chi connectivity index (χ3v) is 3.89. The molecule has 0 spiro atoms. The highest BCUT2D eigenvalue weighted by molar-refractivity contribution is 7.99. The molecule has 0 bridgehead atoms. The van der Waals surface area contributed by atoms with Crippen LogP contribution in [0.1, 0.15) is 17.2 Å². The Bertz CT molecular complexity index is 470. The molecule has 0 aliphatic carbocycles. The summed E-state index contributed by atoms with van der Waals surface area (Å²) >= 11 is 1.74. The van der Waals surface area contributed by atoms with E-state index in [1.54, 1.807) is 11.8 Å². The molecule has 2 aromatic rings. The lowest BCUT2D eigenvalue weighted by molar-refractivity contribution is 0.282. The number of aliphatic hydroxyl groups excluding tert-OH is 1. The van der Waals surface area contributed by atoms with Gasteiger partial charge >= 0.3 is 0 Å². The van der Waals surface area contributed by atoms with Crippen LogP contribution in [0.25, 0.3) is 0 Å². The van der Waals surface area contributed by atoms with Gasteiger partial charge in [0.2, 0.25) is 0 Å². The molecule has 0 saturated heterocycles. The van der Waals surface area contributed by atoms with Crippen molar-refractivity contribution in [3.05, 3.63) is 65.7 Å². The summed E-state index contributed by atoms with van der Waals surface area (Å²) in [6.45, 7) is 0.0917. The van der Waals surface area contributed by atoms with Gasteiger partial charge in [0.05, 0.1) is 6.61 Å². The van der Waals surface area contributed by atoms with Crippen LogP contribution in [-0.4, -0.2) is 10.9 Å². The first-order valence-electron chi connectivity index (χ1n) is 5.92. The molecule has 0 aliphatic heterocycles. The summed E-state index contributed by atoms with van der Waals surface area (Å²) < 4.78 is 0. The third kappa shape index (κ3) is 3.60. The molecular weight excluding hydrogens is 242 g/mol. The lowest BCUT2D eigenvalue weighted by Gasteiger charge is -2.11. The molecule has 0 saturated carbocycles. The van der Waals surface area contributed by atoms with Crippen LogP contribution < -0.4 is 5.73 Å². The molecule has 1 atom stereocenters. The van der Waals surface area contributed by atoms with Gasteiger partial charge in [-0.2, -0.15) is 0 Å². The van der Waals surface area contributed by atoms with Crippen LogP contribution in [0.4, 0.5) is 0 Å². The summed E-state index contributed by atoms with van der Waals surface area (Å²) in [5.41, 5.74) is 8.24. The molecule has 0 aliphatic rings. The monoisotopic (exact) mass is 259 g/mol. The summed E-state index contributed by atoms with van der Waals surface area (Å²) in [4.78, 5) is 1.18. The highest BCUT2D eigenvalue weighted by Crippen LogP contribution is 2.23. The Morgan fingerprint density at radius 1 is 1.00 bits per heavy atom. The molecule has 2 rings (SSSR count). The first-order chi connectivity index (χ1) is 8.79. The minimum Gasteiger partial charge on any atom is -0.392 e. The topological polar surface area (TPSA) is 46.2 Å². The average Bonchev–Trinajstić information content (AvgIpc) is 2.46. The number of aliphatic hydroxyl groups is 1. The van der Waals surface area contributed by atoms with E-state index < -0.39 is 0 Å². The van der Waals surface area contributed by atoms with E-state index in [2.05, 4.69) is 12.1 Å². The first-order valence-corrected chi connectivity index (χ1v) is 6.91. The second-order valence-corrected chi connectivity index (χ2v) is 5.22. The van der Waals surface area contributed by atoms with Gasteiger partial charge < -0.3 is 10.8 Å². The largest absolute Gasteiger partial charge is 0.392 e. The normalized spacial score (nSPS) is 12.3. The Kier molecular flexibility index (Phi) is 4.81. The zero-order valence-electron chi connectivity index (χ0n) is 10.1. The van der Waals surface area contributed by atoms with Crippen LogP contribution in [0.15, 0.2) is 59.5 Å². The minimum atomic E-state index is 0.0497. The molecule has 94 valence electrons. The highest BCUT2D eigenvalue weighted by atomic mass is 32.2. The van der Waals surface area contributed by atoms with Crippen molar-refractivity contribution in [3.8, 4) is 0 Å². The van der Waals surface area contributed by atoms with Gasteiger partial charge in [-0.1, -0.05) is 42.5 Å². The maximum absolute atomic E-state index is 8.97. The van der Waals surface area contributed by atoms with E-state index in [1.807, 2.05) is 42.5 Å². The van der Waals surface area contributed by atoms with Gasteiger partial charge in [0.25, 0.3) is 0 Å². The molecule has 0 fully saturated rings. The molecular formula is C15H17NOS. The Morgan fingerprint density at radius 2 is 1.67 bits per heavy atom. The van der Waals surface area contributed by atoms with Gasteiger partial charge in [0.1, 0.15) is 0 Å². The summed E-state index contributed by atoms with van der Waals surface area (Å²) in [6.07, 6.45) is 0. The SMILES string of the molecule is NC(CSc1ccc(CO)cc1)c1ccccc1. The van der Waals surface area contributed by atoms with E-state index in [9.17, 15) is 0 Å². The summed E-state index contributed by atoms with van der Waals surface area (Å²) in [6, 6.07) is 18.1. The molecule has 2 aromatic carbocycles. The van der Waals surface area contributed by atoms with Crippen LogP contribution in [-0.2, 0) is 6.61 Å². The van der Waals surface area contributed by atoms with E-state index in [0.29, 0.717) is 0 Å². The van der Waals surface area contributed by atoms with Crippen LogP contribution in [0.3, 0.4) is 0 Å². The van der Waals surface area contributed by atoms with Gasteiger partial charge in [-0.3, -0.25) is 0 Å². The van der Waals surface area contributed by atoms with Gasteiger partial charge in [0.15, 0.2) is 0 Å². The molecule has 18 heavy (non-hydrogen) atoms. The second-order valence-electron chi connectivity index (χ2n) is 4.13. The smallest absolute Gasteiger partial charge is 0.0681 e. The standard InChI is InChI=1S/C15H17NOS/c16-15(13-4-2-1-3-5-13)11-18-14-8-6-12(10-17)7-9-14/h1-9,15,17H,10-11,16H2. The van der Waals surface area contributed by atoms with Gasteiger partial charge in [-0.15, -0.1) is 11.8 Å². The van der Waals surface area contributed by atoms with Gasteiger partial charge in [-0.05, 0) is 23.3 Å². The maximum atomic E-state index is 8.97. The number of rotatable bonds is 5. The fourth-order valence-electron chi connectivity index (χ4n) is 1.67. The fourth-order valence-corrected chi connectivity index (χ4v) is 2.57. The molecule has 0 aromatic heterocycles. The number of thioether (sulfide) groups is 1. The zero-order valence-corrected chi connectivity index (χ0v) is 10.9. The number of benzene rings is 2. The van der Waals surface area contributed by atoms with Crippen molar-refractivity contribution >= 4 is 11.8 Å². The maximum Gasteiger partial charge on any atom is 0.0681 e. The van der Waals surface area contributed by atoms with Gasteiger partial charge in [0, 0.05) is 16.7 Å². The number of hydrogen-bond donors (Lipinski definition) is 2. The van der Waals surface area contributed by atoms with Crippen molar-refractivity contribution in [1.29, 1.82) is 0 Å². The van der Waals surface area contributed by atoms with E-state index in [-0.39, 0.29) is 12.6 Å². The predicted octanol–water partition coefficient (Wildman–Crippen LogP) is 2.97. The number of hydrogen-bond acceptors (Lipinski definition) is 3. The quantitative estimate of drug-likeness (QED) is 0.811. The first kappa shape index (κ1) is 13.1. The molecule has 1 unspecified atom stereocenters. The Balaban J connectivity index is 1.91. The van der Waals surface area contributed by atoms with Crippen LogP contribution in [0, 0.1) is 0 Å². The molecule has 3 N–H and O–H groups in total. The van der Waals surface area contributed by atoms with E-state index in [4.69, 9.17) is 10.8 Å². The zero-order chi connectivity index (χ0) is 12.8. The lowest BCUT2D eigenvalue weighted by atomic mass is 10.1. The van der Waals surface area contributed by atoms with Crippen molar-refractivity contribution < 1.29 is 5.11 Å².